The van der Waals surface area contributed by atoms with E-state index in [-0.39, 0.29) is 0 Å². The quantitative estimate of drug-likeness (QED) is 0.860. The molecule has 0 aromatic carbocycles. The smallest absolute Gasteiger partial charge is 0.478 e. The number of ether oxygens (including phenoxy) is 1. The summed E-state index contributed by atoms with van der Waals surface area (Å²) in [5.41, 5.74) is -2.03. The summed E-state index contributed by atoms with van der Waals surface area (Å²) < 4.78 is 63.6. The van der Waals surface area contributed by atoms with Crippen LogP contribution in [0.5, 0.6) is 5.75 Å². The fourth-order valence-electron chi connectivity index (χ4n) is 1.00. The Morgan fingerprint density at radius 1 is 1.44 bits per heavy atom. The van der Waals surface area contributed by atoms with Crippen molar-refractivity contribution in [1.82, 2.24) is 4.98 Å². The largest absolute Gasteiger partial charge is 0.573 e. The molecular weight excluding hydrogens is 333 g/mol. The molecule has 0 amide bonds. The number of alkyl halides is 5. The van der Waals surface area contributed by atoms with Crippen LogP contribution >= 0.6 is 15.9 Å². The standard InChI is InChI=1S/C8H3BrF5NO3/c9-3-2(7(16)17)1-15-4(6(10)11)5(3)18-8(12,13)14/h1,6H,(H,16,17). The number of carboxylic acids is 1. The topological polar surface area (TPSA) is 59.4 Å². The van der Waals surface area contributed by atoms with Crippen molar-refractivity contribution in [2.24, 2.45) is 0 Å². The highest BCUT2D eigenvalue weighted by atomic mass is 79.9. The van der Waals surface area contributed by atoms with Crippen molar-refractivity contribution < 1.29 is 36.6 Å². The summed E-state index contributed by atoms with van der Waals surface area (Å²) in [6, 6.07) is 0. The Balaban J connectivity index is 3.41. The molecular formula is C8H3BrF5NO3. The maximum absolute atomic E-state index is 12.4. The van der Waals surface area contributed by atoms with Crippen molar-refractivity contribution in [2.45, 2.75) is 12.8 Å². The van der Waals surface area contributed by atoms with Crippen molar-refractivity contribution in [3.05, 3.63) is 21.9 Å². The molecule has 0 spiro atoms. The van der Waals surface area contributed by atoms with E-state index in [0.717, 1.165) is 0 Å². The zero-order valence-corrected chi connectivity index (χ0v) is 9.72. The number of pyridine rings is 1. The third-order valence-corrected chi connectivity index (χ3v) is 2.44. The molecule has 1 rings (SSSR count). The molecule has 0 fully saturated rings. The van der Waals surface area contributed by atoms with E-state index in [1.807, 2.05) is 0 Å². The van der Waals surface area contributed by atoms with Gasteiger partial charge in [-0.2, -0.15) is 0 Å². The minimum absolute atomic E-state index is 0.511. The van der Waals surface area contributed by atoms with Gasteiger partial charge in [0.15, 0.2) is 5.75 Å². The Morgan fingerprint density at radius 3 is 2.39 bits per heavy atom. The van der Waals surface area contributed by atoms with Gasteiger partial charge in [-0.15, -0.1) is 13.2 Å². The van der Waals surface area contributed by atoms with Crippen molar-refractivity contribution in [2.75, 3.05) is 0 Å². The Hall–Kier alpha value is -1.45. The molecule has 0 aliphatic carbocycles. The van der Waals surface area contributed by atoms with Gasteiger partial charge in [-0.1, -0.05) is 0 Å². The molecule has 1 aromatic rings. The van der Waals surface area contributed by atoms with Gasteiger partial charge in [-0.25, -0.2) is 13.6 Å². The molecule has 0 saturated carbocycles. The normalized spacial score (nSPS) is 11.7. The highest BCUT2D eigenvalue weighted by Crippen LogP contribution is 2.39. The molecule has 1 heterocycles. The number of nitrogens with zero attached hydrogens (tertiary/aromatic N) is 1. The zero-order valence-electron chi connectivity index (χ0n) is 8.13. The van der Waals surface area contributed by atoms with Crippen LogP contribution in [0.15, 0.2) is 10.7 Å². The third kappa shape index (κ3) is 3.28. The second-order valence-electron chi connectivity index (χ2n) is 2.85. The van der Waals surface area contributed by atoms with Crippen molar-refractivity contribution in [1.29, 1.82) is 0 Å². The number of aromatic nitrogens is 1. The predicted octanol–water partition coefficient (Wildman–Crippen LogP) is 3.38. The summed E-state index contributed by atoms with van der Waals surface area (Å²) in [5, 5.41) is 8.62. The number of halogens is 6. The fraction of sp³-hybridized carbons (Fsp3) is 0.250. The molecule has 100 valence electrons. The number of hydrogen-bond acceptors (Lipinski definition) is 3. The molecule has 0 aliphatic rings. The lowest BCUT2D eigenvalue weighted by molar-refractivity contribution is -0.275. The lowest BCUT2D eigenvalue weighted by Crippen LogP contribution is -2.20. The van der Waals surface area contributed by atoms with Crippen LogP contribution in [0, 0.1) is 0 Å². The van der Waals surface area contributed by atoms with E-state index in [1.54, 1.807) is 0 Å². The molecule has 1 N–H and O–H groups in total. The molecule has 18 heavy (non-hydrogen) atoms. The van der Waals surface area contributed by atoms with Crippen LogP contribution in [0.25, 0.3) is 0 Å². The van der Waals surface area contributed by atoms with Crippen molar-refractivity contribution in [3.8, 4) is 5.75 Å². The average molecular weight is 336 g/mol. The van der Waals surface area contributed by atoms with Crippen LogP contribution in [0.4, 0.5) is 22.0 Å². The van der Waals surface area contributed by atoms with Crippen LogP contribution in [0.2, 0.25) is 0 Å². The molecule has 0 bridgehead atoms. The SMILES string of the molecule is O=C(O)c1cnc(C(F)F)c(OC(F)(F)F)c1Br. The first kappa shape index (κ1) is 14.6. The Labute approximate surface area is 105 Å². The molecule has 10 heteroatoms. The number of carbonyl (C=O) groups is 1. The summed E-state index contributed by atoms with van der Waals surface area (Å²) in [5.74, 6) is -3.00. The van der Waals surface area contributed by atoms with E-state index >= 15 is 0 Å². The molecule has 4 nitrogen and oxygen atoms in total. The van der Waals surface area contributed by atoms with Crippen LogP contribution in [-0.2, 0) is 0 Å². The highest BCUT2D eigenvalue weighted by molar-refractivity contribution is 9.10. The fourth-order valence-corrected chi connectivity index (χ4v) is 1.56. The summed E-state index contributed by atoms with van der Waals surface area (Å²) in [7, 11) is 0. The maximum atomic E-state index is 12.4. The van der Waals surface area contributed by atoms with Gasteiger partial charge in [0.25, 0.3) is 6.43 Å². The van der Waals surface area contributed by atoms with Crippen LogP contribution in [0.3, 0.4) is 0 Å². The minimum Gasteiger partial charge on any atom is -0.478 e. The number of aromatic carboxylic acids is 1. The first-order valence-electron chi connectivity index (χ1n) is 4.09. The maximum Gasteiger partial charge on any atom is 0.573 e. The van der Waals surface area contributed by atoms with Gasteiger partial charge in [0.05, 0.1) is 10.0 Å². The van der Waals surface area contributed by atoms with Crippen LogP contribution < -0.4 is 4.74 Å². The van der Waals surface area contributed by atoms with Gasteiger partial charge in [-0.3, -0.25) is 4.98 Å². The summed E-state index contributed by atoms with van der Waals surface area (Å²) in [6.07, 6.45) is -8.08. The van der Waals surface area contributed by atoms with Gasteiger partial charge in [0, 0.05) is 6.20 Å². The highest BCUT2D eigenvalue weighted by Gasteiger charge is 2.36. The molecule has 0 radical (unpaired) electrons. The van der Waals surface area contributed by atoms with Gasteiger partial charge in [0.2, 0.25) is 0 Å². The number of hydrogen-bond donors (Lipinski definition) is 1. The van der Waals surface area contributed by atoms with Crippen LogP contribution in [0.1, 0.15) is 22.5 Å². The van der Waals surface area contributed by atoms with E-state index < -0.39 is 40.2 Å². The van der Waals surface area contributed by atoms with Crippen molar-refractivity contribution in [3.63, 3.8) is 0 Å². The van der Waals surface area contributed by atoms with E-state index in [0.29, 0.717) is 6.20 Å². The van der Waals surface area contributed by atoms with Gasteiger partial charge < -0.3 is 9.84 Å². The monoisotopic (exact) mass is 335 g/mol. The average Bonchev–Trinajstić information content (AvgIpc) is 2.17. The van der Waals surface area contributed by atoms with E-state index in [1.165, 1.54) is 0 Å². The summed E-state index contributed by atoms with van der Waals surface area (Å²) in [6.45, 7) is 0. The number of carboxylic acid groups (broad SMARTS) is 1. The third-order valence-electron chi connectivity index (χ3n) is 1.66. The van der Waals surface area contributed by atoms with Gasteiger partial charge >= 0.3 is 12.3 Å². The molecule has 0 aliphatic heterocycles. The van der Waals surface area contributed by atoms with Crippen LogP contribution in [-0.4, -0.2) is 22.4 Å². The summed E-state index contributed by atoms with van der Waals surface area (Å²) >= 11 is 2.47. The first-order valence-corrected chi connectivity index (χ1v) is 4.88. The predicted molar refractivity (Wildman–Crippen MR) is 50.5 cm³/mol. The number of rotatable bonds is 3. The Kier molecular flexibility index (Phi) is 4.09. The zero-order chi connectivity index (χ0) is 14.1. The lowest BCUT2D eigenvalue weighted by atomic mass is 10.2. The van der Waals surface area contributed by atoms with Gasteiger partial charge in [-0.05, 0) is 15.9 Å². The van der Waals surface area contributed by atoms with Crippen molar-refractivity contribution >= 4 is 21.9 Å². The minimum atomic E-state index is -5.25. The van der Waals surface area contributed by atoms with E-state index in [4.69, 9.17) is 5.11 Å². The molecule has 0 saturated heterocycles. The van der Waals surface area contributed by atoms with E-state index in [9.17, 15) is 26.7 Å². The Morgan fingerprint density at radius 2 is 2.00 bits per heavy atom. The second-order valence-corrected chi connectivity index (χ2v) is 3.65. The Bertz CT molecular complexity index is 477. The van der Waals surface area contributed by atoms with Gasteiger partial charge in [0.1, 0.15) is 5.69 Å². The lowest BCUT2D eigenvalue weighted by Gasteiger charge is -2.14. The molecule has 0 unspecified atom stereocenters. The molecule has 0 atom stereocenters. The summed E-state index contributed by atoms with van der Waals surface area (Å²) in [4.78, 5) is 13.6. The second kappa shape index (κ2) is 5.04. The first-order chi connectivity index (χ1) is 8.13. The van der Waals surface area contributed by atoms with E-state index in [2.05, 4.69) is 25.7 Å². The molecule has 1 aromatic heterocycles.